The molecule has 2 aromatic rings. The molecule has 1 amide bonds. The van der Waals surface area contributed by atoms with Crippen molar-refractivity contribution in [1.82, 2.24) is 5.32 Å². The van der Waals surface area contributed by atoms with Gasteiger partial charge in [0.1, 0.15) is 0 Å². The first-order valence-electron chi connectivity index (χ1n) is 7.06. The minimum absolute atomic E-state index is 0.170. The molecule has 2 aromatic carbocycles. The number of para-hydroxylation sites is 1. The van der Waals surface area contributed by atoms with Gasteiger partial charge in [-0.05, 0) is 30.2 Å². The predicted octanol–water partition coefficient (Wildman–Crippen LogP) is 1.68. The quantitative estimate of drug-likeness (QED) is 0.644. The van der Waals surface area contributed by atoms with E-state index in [1.165, 1.54) is 24.3 Å². The number of carbonyl (C=O) groups is 1. The van der Waals surface area contributed by atoms with Crippen LogP contribution in [-0.2, 0) is 16.4 Å². The molecule has 0 saturated heterocycles. The van der Waals surface area contributed by atoms with Gasteiger partial charge in [-0.1, -0.05) is 18.2 Å². The maximum Gasteiger partial charge on any atom is 0.289 e. The van der Waals surface area contributed by atoms with Crippen LogP contribution in [0.1, 0.15) is 15.9 Å². The lowest BCUT2D eigenvalue weighted by Crippen LogP contribution is -2.31. The summed E-state index contributed by atoms with van der Waals surface area (Å²) >= 11 is 0. The molecule has 1 aliphatic heterocycles. The van der Waals surface area contributed by atoms with Crippen LogP contribution in [0.25, 0.3) is 0 Å². The van der Waals surface area contributed by atoms with Crippen LogP contribution in [0, 0.1) is 10.1 Å². The molecule has 0 spiro atoms. The van der Waals surface area contributed by atoms with E-state index in [-0.39, 0.29) is 11.6 Å². The lowest BCUT2D eigenvalue weighted by atomic mass is 10.00. The lowest BCUT2D eigenvalue weighted by molar-refractivity contribution is -0.387. The summed E-state index contributed by atoms with van der Waals surface area (Å²) < 4.78 is 27.2. The number of nitrogens with one attached hydrogen (secondary N) is 2. The van der Waals surface area contributed by atoms with Gasteiger partial charge in [-0.3, -0.25) is 19.6 Å². The van der Waals surface area contributed by atoms with Gasteiger partial charge in [0.2, 0.25) is 0 Å². The fourth-order valence-electron chi connectivity index (χ4n) is 2.52. The molecular weight excluding hydrogens is 334 g/mol. The molecule has 3 rings (SSSR count). The van der Waals surface area contributed by atoms with Crippen molar-refractivity contribution in [3.05, 3.63) is 63.7 Å². The number of nitrogens with zero attached hydrogens (tertiary/aromatic N) is 1. The minimum Gasteiger partial charge on any atom is -0.352 e. The first-order chi connectivity index (χ1) is 11.4. The van der Waals surface area contributed by atoms with Gasteiger partial charge in [0.05, 0.1) is 4.92 Å². The average molecular weight is 347 g/mol. The highest BCUT2D eigenvalue weighted by molar-refractivity contribution is 7.92. The van der Waals surface area contributed by atoms with Crippen LogP contribution < -0.4 is 10.0 Å². The summed E-state index contributed by atoms with van der Waals surface area (Å²) in [6, 6.07) is 9.70. The van der Waals surface area contributed by atoms with Gasteiger partial charge in [0, 0.05) is 23.9 Å². The monoisotopic (exact) mass is 347 g/mol. The van der Waals surface area contributed by atoms with Crippen LogP contribution in [0.2, 0.25) is 0 Å². The van der Waals surface area contributed by atoms with Gasteiger partial charge in [0.25, 0.3) is 21.6 Å². The van der Waals surface area contributed by atoms with Gasteiger partial charge in [-0.2, -0.15) is 0 Å². The largest absolute Gasteiger partial charge is 0.352 e. The summed E-state index contributed by atoms with van der Waals surface area (Å²) in [4.78, 5) is 21.7. The Morgan fingerprint density at radius 1 is 1.17 bits per heavy atom. The number of hydrogen-bond donors (Lipinski definition) is 2. The van der Waals surface area contributed by atoms with E-state index >= 15 is 0 Å². The lowest BCUT2D eigenvalue weighted by Gasteiger charge is -2.17. The van der Waals surface area contributed by atoms with Gasteiger partial charge < -0.3 is 5.32 Å². The molecule has 1 heterocycles. The molecule has 0 radical (unpaired) electrons. The second kappa shape index (κ2) is 5.93. The predicted molar refractivity (Wildman–Crippen MR) is 86.4 cm³/mol. The van der Waals surface area contributed by atoms with Crippen LogP contribution in [0.3, 0.4) is 0 Å². The Balaban J connectivity index is 1.98. The number of fused-ring (bicyclic) bond motifs is 1. The molecule has 0 bridgehead atoms. The molecule has 0 atom stereocenters. The smallest absolute Gasteiger partial charge is 0.289 e. The zero-order valence-electron chi connectivity index (χ0n) is 12.4. The van der Waals surface area contributed by atoms with Crippen LogP contribution in [0.15, 0.2) is 47.4 Å². The molecule has 0 aliphatic carbocycles. The van der Waals surface area contributed by atoms with E-state index in [9.17, 15) is 23.3 Å². The van der Waals surface area contributed by atoms with Crippen LogP contribution in [-0.4, -0.2) is 25.8 Å². The Hall–Kier alpha value is -2.94. The van der Waals surface area contributed by atoms with Crippen molar-refractivity contribution in [3.63, 3.8) is 0 Å². The normalized spacial score (nSPS) is 13.8. The molecule has 8 nitrogen and oxygen atoms in total. The summed E-state index contributed by atoms with van der Waals surface area (Å²) in [7, 11) is -4.16. The number of hydrogen-bond acceptors (Lipinski definition) is 5. The van der Waals surface area contributed by atoms with Crippen LogP contribution in [0.5, 0.6) is 0 Å². The van der Waals surface area contributed by atoms with E-state index in [2.05, 4.69) is 10.0 Å². The summed E-state index contributed by atoms with van der Waals surface area (Å²) in [5.74, 6) is -0.275. The number of rotatable bonds is 4. The molecule has 24 heavy (non-hydrogen) atoms. The van der Waals surface area contributed by atoms with Crippen molar-refractivity contribution in [2.75, 3.05) is 11.3 Å². The highest BCUT2D eigenvalue weighted by Gasteiger charge is 2.26. The summed E-state index contributed by atoms with van der Waals surface area (Å²) in [5, 5.41) is 13.7. The van der Waals surface area contributed by atoms with Crippen molar-refractivity contribution in [2.45, 2.75) is 11.3 Å². The highest BCUT2D eigenvalue weighted by atomic mass is 32.2. The molecule has 0 fully saturated rings. The Morgan fingerprint density at radius 3 is 2.67 bits per heavy atom. The van der Waals surface area contributed by atoms with Crippen LogP contribution in [0.4, 0.5) is 11.4 Å². The second-order valence-corrected chi connectivity index (χ2v) is 6.86. The SMILES string of the molecule is O=C1NCCc2ccc(NS(=O)(=O)c3ccccc3[N+](=O)[O-])cc21. The number of anilines is 1. The van der Waals surface area contributed by atoms with E-state index in [0.29, 0.717) is 18.5 Å². The Bertz CT molecular complexity index is 940. The highest BCUT2D eigenvalue weighted by Crippen LogP contribution is 2.26. The zero-order chi connectivity index (χ0) is 17.3. The maximum absolute atomic E-state index is 12.5. The number of carbonyl (C=O) groups excluding carboxylic acids is 1. The summed E-state index contributed by atoms with van der Waals surface area (Å²) in [6.07, 6.45) is 0.665. The van der Waals surface area contributed by atoms with Crippen molar-refractivity contribution in [1.29, 1.82) is 0 Å². The van der Waals surface area contributed by atoms with Gasteiger partial charge in [-0.25, -0.2) is 8.42 Å². The topological polar surface area (TPSA) is 118 Å². The van der Waals surface area contributed by atoms with Crippen LogP contribution >= 0.6 is 0 Å². The van der Waals surface area contributed by atoms with Crippen molar-refractivity contribution < 1.29 is 18.1 Å². The number of sulfonamides is 1. The van der Waals surface area contributed by atoms with E-state index in [0.717, 1.165) is 17.7 Å². The number of amides is 1. The third-order valence-electron chi connectivity index (χ3n) is 3.64. The molecule has 0 saturated carbocycles. The molecule has 0 aromatic heterocycles. The van der Waals surface area contributed by atoms with Crippen molar-refractivity contribution in [3.8, 4) is 0 Å². The number of nitro benzene ring substituents is 1. The van der Waals surface area contributed by atoms with Gasteiger partial charge >= 0.3 is 0 Å². The first kappa shape index (κ1) is 15.9. The Morgan fingerprint density at radius 2 is 1.92 bits per heavy atom. The minimum atomic E-state index is -4.16. The molecule has 9 heteroatoms. The molecule has 0 unspecified atom stereocenters. The van der Waals surface area contributed by atoms with Gasteiger partial charge in [-0.15, -0.1) is 0 Å². The standard InChI is InChI=1S/C15H13N3O5S/c19-15-12-9-11(6-5-10(12)7-8-16-15)17-24(22,23)14-4-2-1-3-13(14)18(20)21/h1-6,9,17H,7-8H2,(H,16,19). The summed E-state index contributed by atoms with van der Waals surface area (Å²) in [5.41, 5.74) is 0.876. The van der Waals surface area contributed by atoms with Crippen molar-refractivity contribution >= 4 is 27.3 Å². The van der Waals surface area contributed by atoms with E-state index < -0.39 is 25.5 Å². The third kappa shape index (κ3) is 2.93. The zero-order valence-corrected chi connectivity index (χ0v) is 13.2. The van der Waals surface area contributed by atoms with E-state index in [1.54, 1.807) is 6.07 Å². The summed E-state index contributed by atoms with van der Waals surface area (Å²) in [6.45, 7) is 0.535. The number of benzene rings is 2. The average Bonchev–Trinajstić information content (AvgIpc) is 2.55. The van der Waals surface area contributed by atoms with E-state index in [1.807, 2.05) is 0 Å². The molecular formula is C15H13N3O5S. The van der Waals surface area contributed by atoms with Crippen molar-refractivity contribution in [2.24, 2.45) is 0 Å². The Labute approximate surface area is 137 Å². The van der Waals surface area contributed by atoms with Gasteiger partial charge in [0.15, 0.2) is 4.90 Å². The maximum atomic E-state index is 12.5. The molecule has 2 N–H and O–H groups in total. The first-order valence-corrected chi connectivity index (χ1v) is 8.54. The molecule has 124 valence electrons. The fraction of sp³-hybridized carbons (Fsp3) is 0.133. The fourth-order valence-corrected chi connectivity index (χ4v) is 3.74. The Kier molecular flexibility index (Phi) is 3.94. The second-order valence-electron chi connectivity index (χ2n) is 5.21. The van der Waals surface area contributed by atoms with E-state index in [4.69, 9.17) is 0 Å². The molecule has 1 aliphatic rings. The third-order valence-corrected chi connectivity index (χ3v) is 5.07. The number of nitro groups is 1.